The lowest BCUT2D eigenvalue weighted by molar-refractivity contribution is -0.115. The molecule has 8 nitrogen and oxygen atoms in total. The van der Waals surface area contributed by atoms with Crippen molar-refractivity contribution in [3.63, 3.8) is 0 Å². The Kier molecular flexibility index (Phi) is 5.46. The Morgan fingerprint density at radius 1 is 0.935 bits per heavy atom. The predicted octanol–water partition coefficient (Wildman–Crippen LogP) is 5.12. The number of carbonyl (C=O) groups excluding carboxylic acids is 1. The van der Waals surface area contributed by atoms with Crippen molar-refractivity contribution in [2.24, 2.45) is 0 Å². The molecule has 0 aliphatic rings. The summed E-state index contributed by atoms with van der Waals surface area (Å²) in [4.78, 5) is 21.3. The fourth-order valence-corrected chi connectivity index (χ4v) is 4.49. The standard InChI is InChI=1S/C21H15N5O3S2/c27-17(23-20-22-13-5-1-2-8-16(13)31-20)9-12-30-21-24-18(14-6-3-10-28-14)19(25-26-21)15-7-4-11-29-15/h1-8,10-11H,9,12H2,(H,22,23,27). The van der Waals surface area contributed by atoms with Crippen molar-refractivity contribution in [3.8, 4) is 22.9 Å². The molecule has 10 heteroatoms. The molecular weight excluding hydrogens is 434 g/mol. The highest BCUT2D eigenvalue weighted by Crippen LogP contribution is 2.30. The van der Waals surface area contributed by atoms with Gasteiger partial charge in [0.2, 0.25) is 11.1 Å². The normalized spacial score (nSPS) is 11.1. The summed E-state index contributed by atoms with van der Waals surface area (Å²) in [7, 11) is 0. The monoisotopic (exact) mass is 449 g/mol. The zero-order valence-electron chi connectivity index (χ0n) is 16.0. The van der Waals surface area contributed by atoms with E-state index in [1.54, 1.807) is 36.8 Å². The number of fused-ring (bicyclic) bond motifs is 1. The number of para-hydroxylation sites is 1. The third-order valence-corrected chi connectivity index (χ3v) is 6.07. The summed E-state index contributed by atoms with van der Waals surface area (Å²) < 4.78 is 12.0. The molecule has 1 N–H and O–H groups in total. The Morgan fingerprint density at radius 3 is 2.45 bits per heavy atom. The Balaban J connectivity index is 1.25. The molecule has 4 aromatic heterocycles. The fourth-order valence-electron chi connectivity index (χ4n) is 2.88. The zero-order chi connectivity index (χ0) is 21.0. The topological polar surface area (TPSA) is 107 Å². The van der Waals surface area contributed by atoms with Gasteiger partial charge in [0.05, 0.1) is 22.7 Å². The maximum absolute atomic E-state index is 12.3. The largest absolute Gasteiger partial charge is 0.463 e. The maximum atomic E-state index is 12.3. The quantitative estimate of drug-likeness (QED) is 0.341. The molecule has 0 saturated carbocycles. The number of amides is 1. The number of furan rings is 2. The van der Waals surface area contributed by atoms with Gasteiger partial charge in [0.15, 0.2) is 22.3 Å². The fraction of sp³-hybridized carbons (Fsp3) is 0.0952. The Hall–Kier alpha value is -3.50. The van der Waals surface area contributed by atoms with Gasteiger partial charge < -0.3 is 14.2 Å². The van der Waals surface area contributed by atoms with Crippen molar-refractivity contribution in [1.82, 2.24) is 20.2 Å². The molecule has 1 amide bonds. The molecule has 0 unspecified atom stereocenters. The van der Waals surface area contributed by atoms with E-state index < -0.39 is 0 Å². The van der Waals surface area contributed by atoms with Gasteiger partial charge in [-0.05, 0) is 36.4 Å². The first-order valence-electron chi connectivity index (χ1n) is 9.37. The highest BCUT2D eigenvalue weighted by Gasteiger charge is 2.18. The Labute approximate surface area is 184 Å². The van der Waals surface area contributed by atoms with E-state index >= 15 is 0 Å². The number of rotatable bonds is 7. The van der Waals surface area contributed by atoms with Crippen LogP contribution in [-0.2, 0) is 4.79 Å². The number of thiazole rings is 1. The summed E-state index contributed by atoms with van der Waals surface area (Å²) in [5.74, 6) is 1.50. The van der Waals surface area contributed by atoms with E-state index in [1.807, 2.05) is 24.3 Å². The molecule has 1 aromatic carbocycles. The van der Waals surface area contributed by atoms with Crippen LogP contribution in [0.4, 0.5) is 5.13 Å². The minimum Gasteiger partial charge on any atom is -0.463 e. The number of nitrogens with one attached hydrogen (secondary N) is 1. The van der Waals surface area contributed by atoms with Crippen LogP contribution in [0.25, 0.3) is 33.1 Å². The Morgan fingerprint density at radius 2 is 1.71 bits per heavy atom. The molecule has 0 fully saturated rings. The van der Waals surface area contributed by atoms with Crippen molar-refractivity contribution in [2.75, 3.05) is 11.1 Å². The molecule has 5 rings (SSSR count). The molecule has 0 atom stereocenters. The van der Waals surface area contributed by atoms with Gasteiger partial charge in [-0.2, -0.15) is 0 Å². The number of carbonyl (C=O) groups is 1. The minimum absolute atomic E-state index is 0.113. The predicted molar refractivity (Wildman–Crippen MR) is 119 cm³/mol. The first kappa shape index (κ1) is 19.5. The summed E-state index contributed by atoms with van der Waals surface area (Å²) in [5, 5.41) is 12.3. The maximum Gasteiger partial charge on any atom is 0.226 e. The average molecular weight is 450 g/mol. The van der Waals surface area contributed by atoms with Gasteiger partial charge in [0, 0.05) is 12.2 Å². The van der Waals surface area contributed by atoms with E-state index in [1.165, 1.54) is 23.1 Å². The number of benzene rings is 1. The molecule has 31 heavy (non-hydrogen) atoms. The van der Waals surface area contributed by atoms with Gasteiger partial charge in [0.25, 0.3) is 0 Å². The van der Waals surface area contributed by atoms with Crippen LogP contribution in [-0.4, -0.2) is 31.8 Å². The van der Waals surface area contributed by atoms with Crippen LogP contribution >= 0.6 is 23.1 Å². The molecule has 0 radical (unpaired) electrons. The van der Waals surface area contributed by atoms with Crippen molar-refractivity contribution in [3.05, 3.63) is 61.1 Å². The molecule has 0 saturated heterocycles. The second kappa shape index (κ2) is 8.70. The van der Waals surface area contributed by atoms with Crippen LogP contribution in [0.2, 0.25) is 0 Å². The molecule has 5 aromatic rings. The van der Waals surface area contributed by atoms with Gasteiger partial charge in [0.1, 0.15) is 5.69 Å². The summed E-state index contributed by atoms with van der Waals surface area (Å²) >= 11 is 2.80. The lowest BCUT2D eigenvalue weighted by Gasteiger charge is -2.05. The van der Waals surface area contributed by atoms with Crippen LogP contribution in [0, 0.1) is 0 Å². The number of hydrogen-bond donors (Lipinski definition) is 1. The number of anilines is 1. The van der Waals surface area contributed by atoms with Crippen LogP contribution in [0.1, 0.15) is 6.42 Å². The molecule has 0 spiro atoms. The smallest absolute Gasteiger partial charge is 0.226 e. The molecule has 4 heterocycles. The van der Waals surface area contributed by atoms with Crippen molar-refractivity contribution >= 4 is 44.4 Å². The first-order valence-corrected chi connectivity index (χ1v) is 11.2. The SMILES string of the molecule is O=C(CCSc1nnc(-c2ccco2)c(-c2ccco2)n1)Nc1nc2ccccc2s1. The lowest BCUT2D eigenvalue weighted by atomic mass is 10.2. The third kappa shape index (κ3) is 4.35. The zero-order valence-corrected chi connectivity index (χ0v) is 17.7. The second-order valence-electron chi connectivity index (χ2n) is 6.38. The van der Waals surface area contributed by atoms with Crippen LogP contribution in [0.3, 0.4) is 0 Å². The molecule has 0 bridgehead atoms. The van der Waals surface area contributed by atoms with E-state index in [4.69, 9.17) is 8.83 Å². The molecule has 0 aliphatic carbocycles. The van der Waals surface area contributed by atoms with Gasteiger partial charge in [-0.1, -0.05) is 35.2 Å². The Bertz CT molecular complexity index is 1280. The minimum atomic E-state index is -0.113. The van der Waals surface area contributed by atoms with Crippen molar-refractivity contribution in [1.29, 1.82) is 0 Å². The summed E-state index contributed by atoms with van der Waals surface area (Å²) in [6.07, 6.45) is 3.43. The lowest BCUT2D eigenvalue weighted by Crippen LogP contribution is -2.12. The number of nitrogens with zero attached hydrogens (tertiary/aromatic N) is 4. The van der Waals surface area contributed by atoms with Crippen LogP contribution in [0.5, 0.6) is 0 Å². The molecule has 0 aliphatic heterocycles. The van der Waals surface area contributed by atoms with E-state index in [2.05, 4.69) is 25.5 Å². The van der Waals surface area contributed by atoms with Gasteiger partial charge in [-0.3, -0.25) is 4.79 Å². The summed E-state index contributed by atoms with van der Waals surface area (Å²) in [6.45, 7) is 0. The third-order valence-electron chi connectivity index (χ3n) is 4.28. The molecule has 154 valence electrons. The first-order chi connectivity index (χ1) is 15.3. The number of thioether (sulfide) groups is 1. The molecular formula is C21H15N5O3S2. The summed E-state index contributed by atoms with van der Waals surface area (Å²) in [6, 6.07) is 14.9. The van der Waals surface area contributed by atoms with E-state index in [0.29, 0.717) is 45.4 Å². The van der Waals surface area contributed by atoms with E-state index in [-0.39, 0.29) is 5.91 Å². The van der Waals surface area contributed by atoms with Crippen LogP contribution < -0.4 is 5.32 Å². The highest BCUT2D eigenvalue weighted by atomic mass is 32.2. The second-order valence-corrected chi connectivity index (χ2v) is 8.47. The van der Waals surface area contributed by atoms with E-state index in [9.17, 15) is 4.79 Å². The van der Waals surface area contributed by atoms with Crippen molar-refractivity contribution in [2.45, 2.75) is 11.6 Å². The van der Waals surface area contributed by atoms with Gasteiger partial charge in [-0.25, -0.2) is 9.97 Å². The summed E-state index contributed by atoms with van der Waals surface area (Å²) in [5.41, 5.74) is 1.91. The number of aromatic nitrogens is 4. The van der Waals surface area contributed by atoms with Gasteiger partial charge >= 0.3 is 0 Å². The highest BCUT2D eigenvalue weighted by molar-refractivity contribution is 7.99. The number of hydrogen-bond acceptors (Lipinski definition) is 9. The van der Waals surface area contributed by atoms with Crippen molar-refractivity contribution < 1.29 is 13.6 Å². The van der Waals surface area contributed by atoms with Crippen LogP contribution in [0.15, 0.2) is 75.0 Å². The van der Waals surface area contributed by atoms with E-state index in [0.717, 1.165) is 10.2 Å². The van der Waals surface area contributed by atoms with Gasteiger partial charge in [-0.15, -0.1) is 10.2 Å². The average Bonchev–Trinajstić information content (AvgIpc) is 3.54.